The number of hydrogen-bond acceptors (Lipinski definition) is 1. The van der Waals surface area contributed by atoms with Crippen molar-refractivity contribution in [1.82, 2.24) is 0 Å². The second-order valence-electron chi connectivity index (χ2n) is 4.01. The molecular formula is C11H17N. The van der Waals surface area contributed by atoms with Crippen molar-refractivity contribution in [2.75, 3.05) is 0 Å². The highest BCUT2D eigenvalue weighted by Crippen LogP contribution is 2.32. The van der Waals surface area contributed by atoms with Gasteiger partial charge in [0.15, 0.2) is 0 Å². The van der Waals surface area contributed by atoms with E-state index in [1.807, 2.05) is 0 Å². The molecule has 66 valence electrons. The maximum absolute atomic E-state index is 8.47. The van der Waals surface area contributed by atoms with Crippen molar-refractivity contribution < 1.29 is 0 Å². The summed E-state index contributed by atoms with van der Waals surface area (Å²) >= 11 is 0. The fourth-order valence-electron chi connectivity index (χ4n) is 1.91. The maximum atomic E-state index is 8.47. The molecule has 1 aliphatic carbocycles. The molecule has 0 bridgehead atoms. The summed E-state index contributed by atoms with van der Waals surface area (Å²) < 4.78 is 0. The zero-order valence-electron chi connectivity index (χ0n) is 8.01. The fraction of sp³-hybridized carbons (Fsp3) is 0.727. The predicted octanol–water partition coefficient (Wildman–Crippen LogP) is 3.28. The van der Waals surface area contributed by atoms with Gasteiger partial charge in [-0.3, -0.25) is 0 Å². The van der Waals surface area contributed by atoms with Crippen LogP contribution in [0.15, 0.2) is 11.6 Å². The van der Waals surface area contributed by atoms with Gasteiger partial charge >= 0.3 is 0 Å². The van der Waals surface area contributed by atoms with E-state index in [1.165, 1.54) is 18.4 Å². The van der Waals surface area contributed by atoms with Crippen LogP contribution < -0.4 is 0 Å². The summed E-state index contributed by atoms with van der Waals surface area (Å²) in [6, 6.07) is 2.12. The van der Waals surface area contributed by atoms with Crippen LogP contribution in [0.4, 0.5) is 0 Å². The van der Waals surface area contributed by atoms with Crippen LogP contribution in [0.5, 0.6) is 0 Å². The van der Waals surface area contributed by atoms with E-state index < -0.39 is 0 Å². The molecular weight excluding hydrogens is 146 g/mol. The van der Waals surface area contributed by atoms with E-state index in [2.05, 4.69) is 19.9 Å². The van der Waals surface area contributed by atoms with Gasteiger partial charge < -0.3 is 0 Å². The lowest BCUT2D eigenvalue weighted by Gasteiger charge is -2.26. The summed E-state index contributed by atoms with van der Waals surface area (Å²) in [7, 11) is 0. The van der Waals surface area contributed by atoms with E-state index in [-0.39, 0.29) is 0 Å². The Balaban J connectivity index is 2.41. The molecule has 12 heavy (non-hydrogen) atoms. The maximum Gasteiger partial charge on any atom is 0.0911 e. The molecule has 0 saturated heterocycles. The standard InChI is InChI=1S/C11H17N/c1-9(2)11-5-3-10(4-6-11)7-8-12/h7,9,11H,3-6H2,1-2H3. The normalized spacial score (nSPS) is 23.8. The molecule has 1 fully saturated rings. The minimum Gasteiger partial charge on any atom is -0.193 e. The third kappa shape index (κ3) is 2.37. The summed E-state index contributed by atoms with van der Waals surface area (Å²) in [5.41, 5.74) is 1.36. The quantitative estimate of drug-likeness (QED) is 0.544. The Morgan fingerprint density at radius 3 is 2.42 bits per heavy atom. The van der Waals surface area contributed by atoms with Gasteiger partial charge in [0.1, 0.15) is 0 Å². The third-order valence-electron chi connectivity index (χ3n) is 2.88. The highest BCUT2D eigenvalue weighted by Gasteiger charge is 2.18. The van der Waals surface area contributed by atoms with Crippen molar-refractivity contribution in [2.45, 2.75) is 39.5 Å². The van der Waals surface area contributed by atoms with Crippen molar-refractivity contribution >= 4 is 0 Å². The van der Waals surface area contributed by atoms with Gasteiger partial charge in [-0.2, -0.15) is 5.26 Å². The Hall–Kier alpha value is -0.770. The van der Waals surface area contributed by atoms with Crippen molar-refractivity contribution in [3.8, 4) is 6.07 Å². The van der Waals surface area contributed by atoms with Crippen LogP contribution in [0.25, 0.3) is 0 Å². The lowest BCUT2D eigenvalue weighted by Crippen LogP contribution is -2.13. The lowest BCUT2D eigenvalue weighted by atomic mass is 9.79. The summed E-state index contributed by atoms with van der Waals surface area (Å²) in [6.07, 6.45) is 6.60. The molecule has 0 N–H and O–H groups in total. The molecule has 0 atom stereocenters. The number of hydrogen-bond donors (Lipinski definition) is 0. The van der Waals surface area contributed by atoms with Crippen LogP contribution in [0.1, 0.15) is 39.5 Å². The van der Waals surface area contributed by atoms with Gasteiger partial charge in [0.2, 0.25) is 0 Å². The van der Waals surface area contributed by atoms with Crippen LogP contribution in [0.2, 0.25) is 0 Å². The fourth-order valence-corrected chi connectivity index (χ4v) is 1.91. The minimum absolute atomic E-state index is 0.814. The molecule has 1 nitrogen and oxygen atoms in total. The average Bonchev–Trinajstić information content (AvgIpc) is 2.06. The van der Waals surface area contributed by atoms with Crippen molar-refractivity contribution in [3.63, 3.8) is 0 Å². The summed E-state index contributed by atoms with van der Waals surface area (Å²) in [4.78, 5) is 0. The predicted molar refractivity (Wildman–Crippen MR) is 50.5 cm³/mol. The van der Waals surface area contributed by atoms with Gasteiger partial charge in [0.05, 0.1) is 6.07 Å². The molecule has 0 aromatic heterocycles. The smallest absolute Gasteiger partial charge is 0.0911 e. The first-order chi connectivity index (χ1) is 5.74. The molecule has 0 unspecified atom stereocenters. The molecule has 0 aromatic carbocycles. The van der Waals surface area contributed by atoms with E-state index in [1.54, 1.807) is 6.08 Å². The third-order valence-corrected chi connectivity index (χ3v) is 2.88. The SMILES string of the molecule is CC(C)C1CCC(=CC#N)CC1. The summed E-state index contributed by atoms with van der Waals surface area (Å²) in [5, 5.41) is 8.47. The second kappa shape index (κ2) is 4.30. The Bertz CT molecular complexity index is 198. The van der Waals surface area contributed by atoms with Crippen LogP contribution in [-0.4, -0.2) is 0 Å². The number of nitriles is 1. The van der Waals surface area contributed by atoms with Crippen LogP contribution >= 0.6 is 0 Å². The van der Waals surface area contributed by atoms with Gasteiger partial charge in [-0.1, -0.05) is 19.4 Å². The Morgan fingerprint density at radius 2 is 2.00 bits per heavy atom. The molecule has 0 heterocycles. The topological polar surface area (TPSA) is 23.8 Å². The molecule has 0 aromatic rings. The van der Waals surface area contributed by atoms with E-state index >= 15 is 0 Å². The van der Waals surface area contributed by atoms with Gasteiger partial charge in [0, 0.05) is 6.08 Å². The molecule has 1 aliphatic rings. The van der Waals surface area contributed by atoms with Gasteiger partial charge in [-0.15, -0.1) is 0 Å². The zero-order valence-corrected chi connectivity index (χ0v) is 8.01. The van der Waals surface area contributed by atoms with E-state index in [9.17, 15) is 0 Å². The number of allylic oxidation sites excluding steroid dienone is 2. The second-order valence-corrected chi connectivity index (χ2v) is 4.01. The monoisotopic (exact) mass is 163 g/mol. The molecule has 1 heteroatoms. The number of rotatable bonds is 1. The first-order valence-corrected chi connectivity index (χ1v) is 4.81. The van der Waals surface area contributed by atoms with Crippen molar-refractivity contribution in [2.24, 2.45) is 11.8 Å². The van der Waals surface area contributed by atoms with Crippen LogP contribution in [0, 0.1) is 23.2 Å². The first kappa shape index (κ1) is 9.32. The Morgan fingerprint density at radius 1 is 1.42 bits per heavy atom. The van der Waals surface area contributed by atoms with Crippen molar-refractivity contribution in [3.05, 3.63) is 11.6 Å². The van der Waals surface area contributed by atoms with Gasteiger partial charge in [-0.25, -0.2) is 0 Å². The molecule has 1 rings (SSSR count). The Kier molecular flexibility index (Phi) is 3.34. The van der Waals surface area contributed by atoms with Gasteiger partial charge in [0.25, 0.3) is 0 Å². The Labute approximate surface area is 75.1 Å². The lowest BCUT2D eigenvalue weighted by molar-refractivity contribution is 0.311. The molecule has 0 spiro atoms. The van der Waals surface area contributed by atoms with E-state index in [0.29, 0.717) is 0 Å². The van der Waals surface area contributed by atoms with Crippen LogP contribution in [0.3, 0.4) is 0 Å². The molecule has 0 amide bonds. The molecule has 0 aliphatic heterocycles. The summed E-state index contributed by atoms with van der Waals surface area (Å²) in [5.74, 6) is 1.70. The average molecular weight is 163 g/mol. The number of nitrogens with zero attached hydrogens (tertiary/aromatic N) is 1. The van der Waals surface area contributed by atoms with Crippen molar-refractivity contribution in [1.29, 1.82) is 5.26 Å². The highest BCUT2D eigenvalue weighted by atomic mass is 14.3. The minimum atomic E-state index is 0.814. The molecule has 0 radical (unpaired) electrons. The van der Waals surface area contributed by atoms with Crippen LogP contribution in [-0.2, 0) is 0 Å². The van der Waals surface area contributed by atoms with E-state index in [4.69, 9.17) is 5.26 Å². The summed E-state index contributed by atoms with van der Waals surface area (Å²) in [6.45, 7) is 4.59. The van der Waals surface area contributed by atoms with Gasteiger partial charge in [-0.05, 0) is 37.5 Å². The highest BCUT2D eigenvalue weighted by molar-refractivity contribution is 5.15. The largest absolute Gasteiger partial charge is 0.193 e. The molecule has 1 saturated carbocycles. The first-order valence-electron chi connectivity index (χ1n) is 4.81. The zero-order chi connectivity index (χ0) is 8.97. The van der Waals surface area contributed by atoms with E-state index in [0.717, 1.165) is 24.7 Å².